The van der Waals surface area contributed by atoms with Crippen LogP contribution in [0.15, 0.2) is 97.4 Å². The maximum atomic E-state index is 11.1. The Morgan fingerprint density at radius 1 is 0.562 bits per heavy atom. The minimum Gasteiger partial charge on any atom is -0.466 e. The van der Waals surface area contributed by atoms with Crippen LogP contribution in [0.2, 0.25) is 51.5 Å². The van der Waals surface area contributed by atoms with E-state index in [9.17, 15) is 19.2 Å². The van der Waals surface area contributed by atoms with Gasteiger partial charge in [0.15, 0.2) is 37.9 Å². The Kier molecular flexibility index (Phi) is 30.8. The van der Waals surface area contributed by atoms with Crippen LogP contribution in [0.5, 0.6) is 0 Å². The number of ether oxygens (including phenoxy) is 2. The largest absolute Gasteiger partial charge is 0.466 e. The predicted octanol–water partition coefficient (Wildman–Crippen LogP) is 12.3. The zero-order valence-electron chi connectivity index (χ0n) is 41.1. The number of rotatable bonds is 14. The third kappa shape index (κ3) is 24.7. The second-order valence-electron chi connectivity index (χ2n) is 14.4. The standard InChI is InChI=1S/C14H13Cl2N3O2.C13H12Cl2N4O2.C10H11NO2.C4H4Cl2N2O.C4H2Cl2N2O.C3H2Cl2N2/c1-21-12(20)7-6-9-4-2-3-5-10(9)17-8-11-18-13(15)14(16)19-11;14-12-13(15)18-10(17-12)7-16-9-4-2-1-3-8(9)5-6-11(20)19-21;1-13-10(12)7-6-8-4-2-3-5-9(8)11;2*5-3-4(6)8-2(1-9)7-3;4-2-3(5)7-1-6-2/h2-7,17H,8H2,1H3,(H,18,19);1-6,16,21H,7H2,(H,17,18)(H,19,20);2-7H,11H2,1H3;9H,1H2,(H,7,8);1H,(H,7,8);1H,(H,6,7)/b7-6+;6-5+;7-6+;;;. The minimum atomic E-state index is -0.602. The van der Waals surface area contributed by atoms with Gasteiger partial charge >= 0.3 is 11.9 Å². The van der Waals surface area contributed by atoms with E-state index in [-0.39, 0.29) is 49.3 Å². The van der Waals surface area contributed by atoms with Gasteiger partial charge < -0.3 is 55.9 Å². The van der Waals surface area contributed by atoms with Crippen LogP contribution < -0.4 is 21.8 Å². The average Bonchev–Trinajstić information content (AvgIpc) is 4.27. The molecule has 8 rings (SSSR count). The summed E-state index contributed by atoms with van der Waals surface area (Å²) in [5, 5.41) is 25.8. The normalized spacial score (nSPS) is 10.4. The summed E-state index contributed by atoms with van der Waals surface area (Å²) in [6.45, 7) is 0.644. The molecule has 5 heterocycles. The summed E-state index contributed by atoms with van der Waals surface area (Å²) in [6.07, 6.45) is 10.8. The monoisotopic (exact) mass is 1290 g/mol. The number of aliphatic hydroxyl groups excluding tert-OH is 1. The van der Waals surface area contributed by atoms with E-state index in [1.807, 2.05) is 66.7 Å². The number of hydrogen-bond donors (Lipinski definition) is 11. The zero-order valence-corrected chi connectivity index (χ0v) is 48.7. The van der Waals surface area contributed by atoms with Crippen LogP contribution in [0.25, 0.3) is 18.2 Å². The molecule has 0 aliphatic heterocycles. The third-order valence-electron chi connectivity index (χ3n) is 8.99. The molecule has 80 heavy (non-hydrogen) atoms. The molecule has 0 bridgehead atoms. The van der Waals surface area contributed by atoms with Crippen LogP contribution in [-0.2, 0) is 43.6 Å². The van der Waals surface area contributed by atoms with Gasteiger partial charge in [0.2, 0.25) is 0 Å². The Morgan fingerprint density at radius 3 is 1.30 bits per heavy atom. The van der Waals surface area contributed by atoms with Gasteiger partial charge in [-0.1, -0.05) is 171 Å². The van der Waals surface area contributed by atoms with Gasteiger partial charge in [-0.05, 0) is 53.1 Å². The van der Waals surface area contributed by atoms with Crippen molar-refractivity contribution in [3.05, 3.63) is 189 Å². The second kappa shape index (κ2) is 36.5. The summed E-state index contributed by atoms with van der Waals surface area (Å²) in [6, 6.07) is 22.2. The van der Waals surface area contributed by atoms with Gasteiger partial charge in [0, 0.05) is 35.3 Å². The second-order valence-corrected chi connectivity index (χ2v) is 18.1. The Labute approximate surface area is 505 Å². The van der Waals surface area contributed by atoms with Gasteiger partial charge in [-0.2, -0.15) is 0 Å². The van der Waals surface area contributed by atoms with E-state index in [2.05, 4.69) is 69.9 Å². The molecule has 0 spiro atoms. The predicted molar refractivity (Wildman–Crippen MR) is 314 cm³/mol. The lowest BCUT2D eigenvalue weighted by atomic mass is 10.1. The van der Waals surface area contributed by atoms with E-state index in [1.54, 1.807) is 24.3 Å². The van der Waals surface area contributed by atoms with Crippen molar-refractivity contribution in [3.63, 3.8) is 0 Å². The molecule has 0 unspecified atom stereocenters. The van der Waals surface area contributed by atoms with Gasteiger partial charge in [0.25, 0.3) is 5.91 Å². The number of hydrogen-bond acceptors (Lipinski definition) is 16. The Morgan fingerprint density at radius 2 is 0.975 bits per heavy atom. The number of hydroxylamine groups is 1. The van der Waals surface area contributed by atoms with E-state index in [0.29, 0.717) is 63.1 Å². The quantitative estimate of drug-likeness (QED) is 0.0120. The highest BCUT2D eigenvalue weighted by molar-refractivity contribution is 6.42. The Bertz CT molecular complexity index is 3130. The van der Waals surface area contributed by atoms with E-state index < -0.39 is 11.9 Å². The number of carbonyl (C=O) groups is 4. The highest BCUT2D eigenvalue weighted by Gasteiger charge is 2.09. The highest BCUT2D eigenvalue weighted by Crippen LogP contribution is 2.23. The van der Waals surface area contributed by atoms with Gasteiger partial charge in [0.05, 0.1) is 33.6 Å². The highest BCUT2D eigenvalue weighted by atomic mass is 35.5. The molecule has 12 N–H and O–H groups in total. The number of aromatic nitrogens is 10. The number of aliphatic hydroxyl groups is 1. The first-order chi connectivity index (χ1) is 38.2. The molecule has 32 heteroatoms. The number of amides is 1. The van der Waals surface area contributed by atoms with Crippen molar-refractivity contribution in [1.82, 2.24) is 55.3 Å². The number of anilines is 3. The first kappa shape index (κ1) is 67.5. The number of aromatic amines is 5. The number of nitrogens with one attached hydrogen (secondary N) is 8. The molecule has 0 aliphatic rings. The Hall–Kier alpha value is -6.77. The molecule has 0 saturated heterocycles. The van der Waals surface area contributed by atoms with E-state index in [4.69, 9.17) is 132 Å². The molecule has 1 amide bonds. The van der Waals surface area contributed by atoms with Crippen molar-refractivity contribution in [2.45, 2.75) is 19.7 Å². The summed E-state index contributed by atoms with van der Waals surface area (Å²) in [5.74, 6) is 0.343. The van der Waals surface area contributed by atoms with E-state index in [1.165, 1.54) is 44.3 Å². The maximum absolute atomic E-state index is 11.1. The summed E-state index contributed by atoms with van der Waals surface area (Å²) in [4.78, 5) is 75.1. The number of imidazole rings is 5. The van der Waals surface area contributed by atoms with Crippen molar-refractivity contribution < 1.29 is 39.0 Å². The van der Waals surface area contributed by atoms with E-state index in [0.717, 1.165) is 28.1 Å². The van der Waals surface area contributed by atoms with E-state index >= 15 is 0 Å². The summed E-state index contributed by atoms with van der Waals surface area (Å²) < 4.78 is 9.01. The van der Waals surface area contributed by atoms with Crippen LogP contribution in [0.1, 0.15) is 44.8 Å². The number of nitrogens with zero attached hydrogens (tertiary/aromatic N) is 5. The lowest BCUT2D eigenvalue weighted by Crippen LogP contribution is -2.14. The first-order valence-electron chi connectivity index (χ1n) is 21.9. The number of nitrogen functional groups attached to an aromatic ring is 1. The minimum absolute atomic E-state index is 0.124. The lowest BCUT2D eigenvalue weighted by Gasteiger charge is -2.08. The van der Waals surface area contributed by atoms with Gasteiger partial charge in [-0.3, -0.25) is 14.8 Å². The number of halogens is 10. The number of para-hydroxylation sites is 3. The average molecular weight is 1300 g/mol. The Balaban J connectivity index is 0.000000264. The molecule has 8 aromatic rings. The van der Waals surface area contributed by atoms with Gasteiger partial charge in [-0.15, -0.1) is 0 Å². The molecule has 0 saturated carbocycles. The third-order valence-corrected chi connectivity index (χ3v) is 12.2. The lowest BCUT2D eigenvalue weighted by molar-refractivity contribution is -0.135. The smallest absolute Gasteiger partial charge is 0.330 e. The van der Waals surface area contributed by atoms with Crippen LogP contribution in [0.3, 0.4) is 0 Å². The van der Waals surface area contributed by atoms with Crippen molar-refractivity contribution >= 4 is 175 Å². The van der Waals surface area contributed by atoms with Crippen molar-refractivity contribution in [3.8, 4) is 0 Å². The van der Waals surface area contributed by atoms with Gasteiger partial charge in [-0.25, -0.2) is 40.0 Å². The zero-order chi connectivity index (χ0) is 59.1. The fourth-order valence-electron chi connectivity index (χ4n) is 5.31. The van der Waals surface area contributed by atoms with Crippen molar-refractivity contribution in [1.29, 1.82) is 0 Å². The number of carbonyl (C=O) groups excluding carboxylic acids is 4. The van der Waals surface area contributed by atoms with Crippen LogP contribution in [0, 0.1) is 0 Å². The van der Waals surface area contributed by atoms with Crippen LogP contribution in [-0.4, -0.2) is 98.5 Å². The molecular weight excluding hydrogens is 1260 g/mol. The number of methoxy groups -OCH3 is 2. The SMILES string of the molecule is COC(=O)/C=C/c1ccccc1N.COC(=O)/C=C/c1ccccc1NCc1nc(Cl)c(Cl)[nH]1.Clc1nc[nH]c1Cl.O=C(/C=C/c1ccccc1NCc1nc(Cl)c(Cl)[nH]1)NO.O=Cc1nc(Cl)c(Cl)[nH]1.OCc1nc(Cl)c(Cl)[nH]1. The van der Waals surface area contributed by atoms with Crippen molar-refractivity contribution in [2.24, 2.45) is 0 Å². The fourth-order valence-corrected chi connectivity index (χ4v) is 6.69. The first-order valence-corrected chi connectivity index (χ1v) is 25.7. The number of aldehydes is 1. The maximum Gasteiger partial charge on any atom is 0.330 e. The van der Waals surface area contributed by atoms with Crippen LogP contribution >= 0.6 is 116 Å². The molecule has 0 aliphatic carbocycles. The van der Waals surface area contributed by atoms with Crippen molar-refractivity contribution in [2.75, 3.05) is 30.6 Å². The fraction of sp³-hybridized carbons (Fsp3) is 0.104. The van der Waals surface area contributed by atoms with Crippen LogP contribution in [0.4, 0.5) is 17.1 Å². The summed E-state index contributed by atoms with van der Waals surface area (Å²) in [5.41, 5.74) is 11.9. The molecule has 5 aromatic heterocycles. The molecular formula is C48H44Cl10N14O8. The number of H-pyrrole nitrogens is 5. The molecule has 0 radical (unpaired) electrons. The number of esters is 2. The number of nitrogens with two attached hydrogens (primary N) is 1. The summed E-state index contributed by atoms with van der Waals surface area (Å²) >= 11 is 55.5. The topological polar surface area (TPSA) is 333 Å². The molecule has 22 nitrogen and oxygen atoms in total. The molecule has 424 valence electrons. The summed E-state index contributed by atoms with van der Waals surface area (Å²) in [7, 11) is 2.67. The van der Waals surface area contributed by atoms with Gasteiger partial charge in [0.1, 0.15) is 49.8 Å². The molecule has 3 aromatic carbocycles. The molecule has 0 atom stereocenters. The molecule has 0 fully saturated rings. The number of benzene rings is 3.